The van der Waals surface area contributed by atoms with Crippen molar-refractivity contribution < 1.29 is 9.53 Å². The molecular weight excluding hydrogens is 414 g/mol. The van der Waals surface area contributed by atoms with E-state index >= 15 is 0 Å². The van der Waals surface area contributed by atoms with Crippen molar-refractivity contribution in [2.75, 3.05) is 64.4 Å². The molecule has 0 N–H and O–H groups in total. The molecule has 0 bridgehead atoms. The molecule has 7 nitrogen and oxygen atoms in total. The third kappa shape index (κ3) is 4.99. The quantitative estimate of drug-likeness (QED) is 0.616. The average molecular weight is 446 g/mol. The van der Waals surface area contributed by atoms with Crippen LogP contribution in [-0.2, 0) is 11.2 Å². The minimum atomic E-state index is 0.0582. The van der Waals surface area contributed by atoms with Crippen LogP contribution in [0, 0.1) is 5.92 Å². The molecule has 7 heteroatoms. The predicted octanol–water partition coefficient (Wildman–Crippen LogP) is 2.71. The van der Waals surface area contributed by atoms with Gasteiger partial charge in [0.2, 0.25) is 0 Å². The van der Waals surface area contributed by atoms with Crippen LogP contribution in [0.2, 0.25) is 0 Å². The normalized spacial score (nSPS) is 20.1. The number of anilines is 1. The summed E-state index contributed by atoms with van der Waals surface area (Å²) in [7, 11) is 2.14. The highest BCUT2D eigenvalue weighted by molar-refractivity contribution is 5.95. The van der Waals surface area contributed by atoms with Gasteiger partial charge in [-0.2, -0.15) is 0 Å². The van der Waals surface area contributed by atoms with Crippen molar-refractivity contribution in [1.29, 1.82) is 0 Å². The Morgan fingerprint density at radius 1 is 1.09 bits per heavy atom. The molecule has 2 fully saturated rings. The maximum Gasteiger partial charge on any atom is 0.254 e. The van der Waals surface area contributed by atoms with Crippen molar-refractivity contribution in [3.8, 4) is 0 Å². The summed E-state index contributed by atoms with van der Waals surface area (Å²) in [5, 5.41) is 2.37. The van der Waals surface area contributed by atoms with Gasteiger partial charge in [0.1, 0.15) is 5.82 Å². The highest BCUT2D eigenvalue weighted by Gasteiger charge is 2.25. The lowest BCUT2D eigenvalue weighted by molar-refractivity contribution is 0.0737. The molecule has 0 aliphatic carbocycles. The van der Waals surface area contributed by atoms with Gasteiger partial charge >= 0.3 is 0 Å². The van der Waals surface area contributed by atoms with Crippen LogP contribution in [-0.4, -0.2) is 85.2 Å². The smallest absolute Gasteiger partial charge is 0.254 e. The number of carbonyl (C=O) groups excluding carboxylic acids is 1. The Labute approximate surface area is 195 Å². The summed E-state index contributed by atoms with van der Waals surface area (Å²) < 4.78 is 5.90. The van der Waals surface area contributed by atoms with Gasteiger partial charge in [0, 0.05) is 74.7 Å². The highest BCUT2D eigenvalue weighted by Crippen LogP contribution is 2.23. The number of aromatic nitrogens is 2. The molecule has 2 saturated heterocycles. The molecule has 1 atom stereocenters. The van der Waals surface area contributed by atoms with Gasteiger partial charge in [0.05, 0.1) is 13.2 Å². The Hall–Kier alpha value is -3.03. The number of ether oxygens (including phenoxy) is 1. The summed E-state index contributed by atoms with van der Waals surface area (Å²) in [4.78, 5) is 28.8. The number of hydrogen-bond donors (Lipinski definition) is 0. The second-order valence-corrected chi connectivity index (χ2v) is 9.10. The van der Waals surface area contributed by atoms with Gasteiger partial charge < -0.3 is 19.4 Å². The number of pyridine rings is 2. The van der Waals surface area contributed by atoms with Crippen LogP contribution in [0.5, 0.6) is 0 Å². The Morgan fingerprint density at radius 2 is 1.97 bits per heavy atom. The third-order valence-electron chi connectivity index (χ3n) is 6.73. The van der Waals surface area contributed by atoms with Gasteiger partial charge in [-0.25, -0.2) is 4.98 Å². The fourth-order valence-corrected chi connectivity index (χ4v) is 4.80. The number of carbonyl (C=O) groups is 1. The van der Waals surface area contributed by atoms with E-state index in [1.54, 1.807) is 6.20 Å². The Balaban J connectivity index is 1.31. The van der Waals surface area contributed by atoms with Gasteiger partial charge in [-0.15, -0.1) is 0 Å². The van der Waals surface area contributed by atoms with E-state index in [1.807, 2.05) is 35.5 Å². The fraction of sp³-hybridized carbons (Fsp3) is 0.423. The van der Waals surface area contributed by atoms with Crippen molar-refractivity contribution in [2.24, 2.45) is 5.92 Å². The zero-order valence-corrected chi connectivity index (χ0v) is 19.2. The fourth-order valence-electron chi connectivity index (χ4n) is 4.80. The number of hydrogen-bond acceptors (Lipinski definition) is 6. The molecule has 1 amide bonds. The molecule has 3 aromatic rings. The van der Waals surface area contributed by atoms with E-state index in [4.69, 9.17) is 4.74 Å². The van der Waals surface area contributed by atoms with Crippen LogP contribution in [0.3, 0.4) is 0 Å². The van der Waals surface area contributed by atoms with E-state index < -0.39 is 0 Å². The second-order valence-electron chi connectivity index (χ2n) is 9.10. The van der Waals surface area contributed by atoms with Crippen LogP contribution >= 0.6 is 0 Å². The summed E-state index contributed by atoms with van der Waals surface area (Å²) in [6, 6.07) is 12.2. The number of piperazine rings is 1. The van der Waals surface area contributed by atoms with Crippen molar-refractivity contribution in [3.63, 3.8) is 0 Å². The average Bonchev–Trinajstić information content (AvgIpc) is 3.10. The molecule has 2 aliphatic heterocycles. The first-order valence-electron chi connectivity index (χ1n) is 11.8. The van der Waals surface area contributed by atoms with Crippen molar-refractivity contribution in [1.82, 2.24) is 19.8 Å². The number of likely N-dealkylation sites (N-methyl/N-ethyl adjacent to an activating group) is 1. The van der Waals surface area contributed by atoms with E-state index in [1.165, 1.54) is 16.3 Å². The van der Waals surface area contributed by atoms with Gasteiger partial charge in [-0.1, -0.05) is 18.2 Å². The van der Waals surface area contributed by atoms with Crippen molar-refractivity contribution >= 4 is 22.5 Å². The monoisotopic (exact) mass is 445 g/mol. The maximum absolute atomic E-state index is 13.5. The van der Waals surface area contributed by atoms with Crippen molar-refractivity contribution in [2.45, 2.75) is 6.42 Å². The van der Waals surface area contributed by atoms with Crippen LogP contribution in [0.1, 0.15) is 15.9 Å². The summed E-state index contributed by atoms with van der Waals surface area (Å²) >= 11 is 0. The van der Waals surface area contributed by atoms with Gasteiger partial charge in [0.25, 0.3) is 5.91 Å². The molecule has 172 valence electrons. The van der Waals surface area contributed by atoms with Crippen molar-refractivity contribution in [3.05, 3.63) is 66.1 Å². The summed E-state index contributed by atoms with van der Waals surface area (Å²) in [5.41, 5.74) is 1.96. The van der Waals surface area contributed by atoms with E-state index in [2.05, 4.69) is 45.0 Å². The number of nitrogens with zero attached hydrogens (tertiary/aromatic N) is 5. The molecule has 2 aliphatic rings. The molecule has 2 aromatic heterocycles. The van der Waals surface area contributed by atoms with Gasteiger partial charge in [0.15, 0.2) is 0 Å². The van der Waals surface area contributed by atoms with E-state index in [-0.39, 0.29) is 11.8 Å². The van der Waals surface area contributed by atoms with Crippen LogP contribution in [0.15, 0.2) is 55.0 Å². The molecule has 0 saturated carbocycles. The predicted molar refractivity (Wildman–Crippen MR) is 130 cm³/mol. The first-order valence-corrected chi connectivity index (χ1v) is 11.8. The first kappa shape index (κ1) is 21.8. The number of rotatable bonds is 4. The van der Waals surface area contributed by atoms with E-state index in [0.717, 1.165) is 38.4 Å². The molecule has 0 unspecified atom stereocenters. The first-order chi connectivity index (χ1) is 16.2. The molecule has 1 aromatic carbocycles. The zero-order valence-electron chi connectivity index (χ0n) is 19.2. The topological polar surface area (TPSA) is 61.8 Å². The summed E-state index contributed by atoms with van der Waals surface area (Å²) in [6.07, 6.45) is 6.37. The second kappa shape index (κ2) is 9.85. The maximum atomic E-state index is 13.5. The molecule has 4 heterocycles. The lowest BCUT2D eigenvalue weighted by Gasteiger charge is -2.33. The standard InChI is InChI=1S/C26H31N5O2/c1-29-9-11-30(12-10-29)25-16-23(6-8-28-25)26(32)31-13-14-33-19-20(18-31)15-22-4-2-3-21-5-7-27-17-24(21)22/h2-8,16-17,20H,9-15,18-19H2,1H3/t20-/m1/s1. The van der Waals surface area contributed by atoms with E-state index in [0.29, 0.717) is 31.9 Å². The van der Waals surface area contributed by atoms with Crippen LogP contribution in [0.4, 0.5) is 5.82 Å². The highest BCUT2D eigenvalue weighted by atomic mass is 16.5. The minimum Gasteiger partial charge on any atom is -0.379 e. The lowest BCUT2D eigenvalue weighted by atomic mass is 9.95. The van der Waals surface area contributed by atoms with Crippen LogP contribution in [0.25, 0.3) is 10.8 Å². The molecular formula is C26H31N5O2. The lowest BCUT2D eigenvalue weighted by Crippen LogP contribution is -2.45. The minimum absolute atomic E-state index is 0.0582. The molecule has 33 heavy (non-hydrogen) atoms. The number of fused-ring (bicyclic) bond motifs is 1. The SMILES string of the molecule is CN1CCN(c2cc(C(=O)N3CCOC[C@H](Cc4cccc5ccncc45)C3)ccn2)CC1. The van der Waals surface area contributed by atoms with Crippen LogP contribution < -0.4 is 4.90 Å². The molecule has 0 radical (unpaired) electrons. The Kier molecular flexibility index (Phi) is 6.51. The summed E-state index contributed by atoms with van der Waals surface area (Å²) in [5.74, 6) is 1.18. The molecule has 0 spiro atoms. The number of amides is 1. The van der Waals surface area contributed by atoms with E-state index in [9.17, 15) is 4.79 Å². The number of benzene rings is 1. The van der Waals surface area contributed by atoms with Gasteiger partial charge in [-0.3, -0.25) is 9.78 Å². The zero-order chi connectivity index (χ0) is 22.6. The third-order valence-corrected chi connectivity index (χ3v) is 6.73. The largest absolute Gasteiger partial charge is 0.379 e. The van der Waals surface area contributed by atoms with Gasteiger partial charge in [-0.05, 0) is 42.6 Å². The Bertz CT molecular complexity index is 1110. The summed E-state index contributed by atoms with van der Waals surface area (Å²) in [6.45, 7) is 6.39. The molecule has 5 rings (SSSR count). The Morgan fingerprint density at radius 3 is 2.85 bits per heavy atom.